The molecular formula is C53H96F6O13Si2. The average molecular weight is 1110 g/mol. The van der Waals surface area contributed by atoms with Gasteiger partial charge in [0.2, 0.25) is 0 Å². The average Bonchev–Trinajstić information content (AvgIpc) is 3.78. The fourth-order valence-electron chi connectivity index (χ4n) is 7.49. The first kappa shape index (κ1) is 67.8. The Hall–Kier alpha value is -2.35. The molecule has 3 rings (SSSR count). The summed E-state index contributed by atoms with van der Waals surface area (Å²) in [7, 11) is -0.848. The molecular weight excluding hydrogens is 1010 g/mol. The molecule has 0 bridgehead atoms. The Morgan fingerprint density at radius 3 is 1.32 bits per heavy atom. The van der Waals surface area contributed by atoms with Crippen molar-refractivity contribution < 1.29 is 90.8 Å². The van der Waals surface area contributed by atoms with Crippen LogP contribution in [0.5, 0.6) is 5.75 Å². The minimum Gasteiger partial charge on any atom is -0.497 e. The lowest BCUT2D eigenvalue weighted by molar-refractivity contribution is -0.202. The van der Waals surface area contributed by atoms with E-state index in [1.54, 1.807) is 61.7 Å². The topological polar surface area (TPSA) is 147 Å². The minimum atomic E-state index is -4.51. The van der Waals surface area contributed by atoms with Gasteiger partial charge in [0.1, 0.15) is 42.4 Å². The smallest absolute Gasteiger partial charge is 0.413 e. The lowest BCUT2D eigenvalue weighted by atomic mass is 9.97. The first-order chi connectivity index (χ1) is 34.1. The molecule has 2 heterocycles. The van der Waals surface area contributed by atoms with Crippen molar-refractivity contribution in [2.75, 3.05) is 34.5 Å². The van der Waals surface area contributed by atoms with Crippen LogP contribution in [0.15, 0.2) is 24.3 Å². The van der Waals surface area contributed by atoms with E-state index in [9.17, 15) is 41.0 Å². The molecule has 21 heteroatoms. The molecule has 436 valence electrons. The number of rotatable bonds is 22. The van der Waals surface area contributed by atoms with Crippen LogP contribution >= 0.6 is 0 Å². The molecule has 2 aliphatic heterocycles. The molecule has 74 heavy (non-hydrogen) atoms. The molecule has 0 saturated carbocycles. The largest absolute Gasteiger partial charge is 0.497 e. The van der Waals surface area contributed by atoms with Crippen molar-refractivity contribution >= 4 is 28.6 Å². The van der Waals surface area contributed by atoms with Gasteiger partial charge in [-0.15, -0.1) is 0 Å². The Labute approximate surface area is 444 Å². The maximum absolute atomic E-state index is 14.1. The summed E-state index contributed by atoms with van der Waals surface area (Å²) in [5.41, 5.74) is -0.416. The quantitative estimate of drug-likeness (QED) is 0.0668. The number of carbonyl (C=O) groups is 2. The van der Waals surface area contributed by atoms with E-state index in [0.717, 1.165) is 5.56 Å². The molecule has 1 aromatic carbocycles. The SMILES string of the molecule is C.CO[C@@H]1[C@@H](O)[C@H](CCOC(=O)C(C)(C)C)O[C@@H]1CCC(O[Si](C)(C)C(C)(C)C)C(F)(F)F.COc1ccc(COC2[C@H](CCOC(=O)C(C)(C)C)O[C@H](CCC(O[Si](C)(C)C(C)(C)C)C(F)(F)F)[C@@H]2OC)cc1.[2H][2H]. The van der Waals surface area contributed by atoms with E-state index in [4.69, 9.17) is 49.7 Å². The van der Waals surface area contributed by atoms with Crippen LogP contribution in [-0.2, 0) is 58.2 Å². The van der Waals surface area contributed by atoms with Crippen LogP contribution in [-0.4, -0.2) is 142 Å². The van der Waals surface area contributed by atoms with Gasteiger partial charge in [0.15, 0.2) is 16.6 Å². The predicted octanol–water partition coefficient (Wildman–Crippen LogP) is 12.8. The van der Waals surface area contributed by atoms with Gasteiger partial charge in [-0.2, -0.15) is 26.3 Å². The molecule has 1 N–H and O–H groups in total. The minimum absolute atomic E-state index is 0. The normalized spacial score (nSPS) is 24.2. The van der Waals surface area contributed by atoms with E-state index < -0.39 is 101 Å². The van der Waals surface area contributed by atoms with Gasteiger partial charge >= 0.3 is 24.3 Å². The van der Waals surface area contributed by atoms with Crippen LogP contribution in [0.1, 0.15) is 138 Å². The number of methoxy groups -OCH3 is 3. The van der Waals surface area contributed by atoms with Crippen LogP contribution in [0.4, 0.5) is 26.3 Å². The van der Waals surface area contributed by atoms with Gasteiger partial charge < -0.3 is 51.9 Å². The van der Waals surface area contributed by atoms with Gasteiger partial charge in [0.05, 0.1) is 62.2 Å². The maximum atomic E-state index is 14.1. The van der Waals surface area contributed by atoms with Crippen molar-refractivity contribution in [2.45, 2.75) is 245 Å². The zero-order valence-corrected chi connectivity index (χ0v) is 49.1. The molecule has 1 aromatic rings. The summed E-state index contributed by atoms with van der Waals surface area (Å²) in [5.74, 6) is -0.00655. The third-order valence-corrected chi connectivity index (χ3v) is 23.1. The summed E-state index contributed by atoms with van der Waals surface area (Å²) >= 11 is 0. The Kier molecular flexibility index (Phi) is 25.6. The second kappa shape index (κ2) is 28.0. The van der Waals surface area contributed by atoms with E-state index in [1.807, 2.05) is 78.9 Å². The van der Waals surface area contributed by atoms with Crippen LogP contribution < -0.4 is 4.74 Å². The molecule has 13 nitrogen and oxygen atoms in total. The number of esters is 2. The summed E-state index contributed by atoms with van der Waals surface area (Å²) in [6, 6.07) is 7.40. The van der Waals surface area contributed by atoms with Gasteiger partial charge in [0, 0.05) is 30.0 Å². The third-order valence-electron chi connectivity index (χ3n) is 14.1. The van der Waals surface area contributed by atoms with Crippen molar-refractivity contribution in [3.63, 3.8) is 0 Å². The number of halogens is 6. The van der Waals surface area contributed by atoms with Crippen LogP contribution in [0.2, 0.25) is 36.3 Å². The summed E-state index contributed by atoms with van der Waals surface area (Å²) in [6.07, 6.45) is -18.3. The first-order valence-electron chi connectivity index (χ1n) is 26.2. The molecule has 0 spiro atoms. The summed E-state index contributed by atoms with van der Waals surface area (Å²) in [6.45, 7) is 29.5. The van der Waals surface area contributed by atoms with Crippen molar-refractivity contribution in [3.8, 4) is 5.75 Å². The monoisotopic (exact) mass is 1110 g/mol. The second-order valence-electron chi connectivity index (χ2n) is 24.3. The summed E-state index contributed by atoms with van der Waals surface area (Å²) in [4.78, 5) is 24.2. The number of ether oxygens (including phenoxy) is 8. The van der Waals surface area contributed by atoms with Gasteiger partial charge in [-0.05, 0) is 121 Å². The number of carbonyl (C=O) groups excluding carboxylic acids is 2. The highest BCUT2D eigenvalue weighted by Crippen LogP contribution is 2.43. The summed E-state index contributed by atoms with van der Waals surface area (Å²) in [5, 5.41) is 9.80. The standard InChI is InChI=1S/C30H49F3O7Si.C22H41F3O6Si.CH4.H2/c1-28(2,3)27(34)37-18-17-23-26(38-19-20-11-13-21(35-7)14-12-20)25(36-8)22(39-23)15-16-24(30(31,32)33)40-41(9,10)29(4,5)6;1-20(2,3)19(27)29-13-12-14-17(26)18(28-7)15(30-14)10-11-16(22(23,24)25)31-32(8,9)21(4,5)6;;/h11-14,22-26H,15-19H2,1-10H3;14-18,26H,10-13H2,1-9H3;1H4;1H/t22-,23+,24?,25+,26?;14-,15+,16?,17-,18-;;/m10../s1/i;;;1+1D. The van der Waals surface area contributed by atoms with E-state index in [0.29, 0.717) is 12.2 Å². The molecule has 0 aromatic heterocycles. The maximum Gasteiger partial charge on any atom is 0.413 e. The predicted molar refractivity (Wildman–Crippen MR) is 280 cm³/mol. The molecule has 10 atom stereocenters. The zero-order valence-electron chi connectivity index (χ0n) is 49.1. The number of benzene rings is 1. The molecule has 2 aliphatic rings. The number of aliphatic hydroxyl groups is 1. The zero-order chi connectivity index (χ0) is 58.3. The van der Waals surface area contributed by atoms with E-state index in [1.165, 1.54) is 14.2 Å². The molecule has 2 saturated heterocycles. The third kappa shape index (κ3) is 21.1. The Bertz CT molecular complexity index is 1840. The fourth-order valence-corrected chi connectivity index (χ4v) is 10.1. The Balaban J connectivity index is 0.00000146. The van der Waals surface area contributed by atoms with Gasteiger partial charge in [-0.25, -0.2) is 0 Å². The van der Waals surface area contributed by atoms with E-state index >= 15 is 0 Å². The van der Waals surface area contributed by atoms with Crippen molar-refractivity contribution in [1.29, 1.82) is 0 Å². The van der Waals surface area contributed by atoms with E-state index in [2.05, 4.69) is 0 Å². The summed E-state index contributed by atoms with van der Waals surface area (Å²) < 4.78 is 150. The Morgan fingerprint density at radius 2 is 0.973 bits per heavy atom. The lowest BCUT2D eigenvalue weighted by Crippen LogP contribution is -2.48. The molecule has 3 unspecified atom stereocenters. The Morgan fingerprint density at radius 1 is 0.608 bits per heavy atom. The van der Waals surface area contributed by atoms with E-state index in [-0.39, 0.29) is 81.4 Å². The second-order valence-corrected chi connectivity index (χ2v) is 33.8. The molecule has 2 fully saturated rings. The van der Waals surface area contributed by atoms with Crippen LogP contribution in [0.25, 0.3) is 0 Å². The first-order valence-corrected chi connectivity index (χ1v) is 31.1. The van der Waals surface area contributed by atoms with Gasteiger partial charge in [-0.1, -0.05) is 61.1 Å². The van der Waals surface area contributed by atoms with Crippen LogP contribution in [0.3, 0.4) is 0 Å². The molecule has 0 radical (unpaired) electrons. The molecule has 0 amide bonds. The molecule has 0 aliphatic carbocycles. The van der Waals surface area contributed by atoms with Crippen molar-refractivity contribution in [1.82, 2.24) is 0 Å². The number of alkyl halides is 6. The van der Waals surface area contributed by atoms with Crippen molar-refractivity contribution in [2.24, 2.45) is 10.8 Å². The lowest BCUT2D eigenvalue weighted by Gasteiger charge is -2.40. The van der Waals surface area contributed by atoms with Crippen LogP contribution in [0, 0.1) is 10.8 Å². The van der Waals surface area contributed by atoms with Gasteiger partial charge in [-0.3, -0.25) is 9.59 Å². The number of aliphatic hydroxyl groups excluding tert-OH is 1. The highest BCUT2D eigenvalue weighted by molar-refractivity contribution is 6.74. The van der Waals surface area contributed by atoms with Crippen molar-refractivity contribution in [3.05, 3.63) is 29.8 Å². The number of hydrogen-bond donors (Lipinski definition) is 1. The highest BCUT2D eigenvalue weighted by atomic mass is 28.4. The fraction of sp³-hybridized carbons (Fsp3) is 0.849. The van der Waals surface area contributed by atoms with Gasteiger partial charge in [0.25, 0.3) is 0 Å². The number of hydrogen-bond acceptors (Lipinski definition) is 13. The highest BCUT2D eigenvalue weighted by Gasteiger charge is 2.52.